The molecule has 0 saturated heterocycles. The summed E-state index contributed by atoms with van der Waals surface area (Å²) < 4.78 is 5.83. The molecule has 1 heterocycles. The van der Waals surface area contributed by atoms with E-state index >= 15 is 0 Å². The molecule has 0 atom stereocenters. The van der Waals surface area contributed by atoms with E-state index in [-0.39, 0.29) is 0 Å². The van der Waals surface area contributed by atoms with Gasteiger partial charge in [-0.1, -0.05) is 23.7 Å². The number of aromatic nitrogens is 1. The molecule has 0 saturated carbocycles. The van der Waals surface area contributed by atoms with Crippen LogP contribution in [0, 0.1) is 13.8 Å². The second kappa shape index (κ2) is 6.04. The number of aryl methyl sites for hydroxylation is 2. The van der Waals surface area contributed by atoms with Gasteiger partial charge in [-0.05, 0) is 44.2 Å². The maximum Gasteiger partial charge on any atom is 0.219 e. The Hall–Kier alpha value is -1.58. The van der Waals surface area contributed by atoms with Crippen molar-refractivity contribution in [3.05, 3.63) is 52.2 Å². The number of nitrogens with zero attached hydrogens (tertiary/aromatic N) is 1. The largest absolute Gasteiger partial charge is 0.439 e. The number of rotatable bonds is 4. The van der Waals surface area contributed by atoms with E-state index < -0.39 is 0 Å². The van der Waals surface area contributed by atoms with Crippen molar-refractivity contribution < 1.29 is 4.74 Å². The molecule has 0 fully saturated rings. The van der Waals surface area contributed by atoms with Crippen LogP contribution in [0.2, 0.25) is 5.02 Å². The van der Waals surface area contributed by atoms with Crippen LogP contribution in [0.4, 0.5) is 0 Å². The van der Waals surface area contributed by atoms with Crippen LogP contribution in [-0.2, 0) is 6.54 Å². The Morgan fingerprint density at radius 3 is 2.74 bits per heavy atom. The molecule has 0 aliphatic heterocycles. The second-order valence-corrected chi connectivity index (χ2v) is 4.89. The third kappa shape index (κ3) is 3.46. The van der Waals surface area contributed by atoms with Crippen molar-refractivity contribution in [1.82, 2.24) is 10.3 Å². The van der Waals surface area contributed by atoms with Gasteiger partial charge in [0.1, 0.15) is 5.75 Å². The van der Waals surface area contributed by atoms with Gasteiger partial charge in [-0.2, -0.15) is 0 Å². The van der Waals surface area contributed by atoms with Crippen LogP contribution in [0.3, 0.4) is 0 Å². The average molecular weight is 277 g/mol. The van der Waals surface area contributed by atoms with Gasteiger partial charge in [0.05, 0.1) is 10.7 Å². The Morgan fingerprint density at radius 2 is 2.00 bits per heavy atom. The van der Waals surface area contributed by atoms with Crippen LogP contribution in [0.25, 0.3) is 0 Å². The first-order chi connectivity index (χ1) is 9.10. The topological polar surface area (TPSA) is 34.2 Å². The van der Waals surface area contributed by atoms with Crippen LogP contribution in [-0.4, -0.2) is 12.0 Å². The lowest BCUT2D eigenvalue weighted by Gasteiger charge is -2.10. The summed E-state index contributed by atoms with van der Waals surface area (Å²) in [5.41, 5.74) is 3.02. The molecule has 0 aliphatic rings. The van der Waals surface area contributed by atoms with Crippen LogP contribution < -0.4 is 10.1 Å². The first kappa shape index (κ1) is 13.8. The van der Waals surface area contributed by atoms with Crippen LogP contribution in [0.15, 0.2) is 30.3 Å². The van der Waals surface area contributed by atoms with Gasteiger partial charge in [0.2, 0.25) is 5.88 Å². The van der Waals surface area contributed by atoms with E-state index in [1.54, 1.807) is 6.07 Å². The molecule has 0 aliphatic carbocycles. The van der Waals surface area contributed by atoms with Crippen molar-refractivity contribution in [2.45, 2.75) is 20.4 Å². The summed E-state index contributed by atoms with van der Waals surface area (Å²) in [6, 6.07) is 9.69. The standard InChI is InChI=1S/C15H17ClN2O/c1-10-4-5-11(2)14(8-10)19-15-7-6-12(16)13(18-15)9-17-3/h4-8,17H,9H2,1-3H3. The van der Waals surface area contributed by atoms with Gasteiger partial charge in [-0.25, -0.2) is 4.98 Å². The lowest BCUT2D eigenvalue weighted by molar-refractivity contribution is 0.456. The molecule has 19 heavy (non-hydrogen) atoms. The van der Waals surface area contributed by atoms with E-state index in [2.05, 4.69) is 16.4 Å². The fourth-order valence-electron chi connectivity index (χ4n) is 1.74. The monoisotopic (exact) mass is 276 g/mol. The minimum absolute atomic E-state index is 0.559. The minimum atomic E-state index is 0.559. The highest BCUT2D eigenvalue weighted by atomic mass is 35.5. The smallest absolute Gasteiger partial charge is 0.219 e. The lowest BCUT2D eigenvalue weighted by Crippen LogP contribution is -2.08. The second-order valence-electron chi connectivity index (χ2n) is 4.48. The maximum absolute atomic E-state index is 6.08. The summed E-state index contributed by atoms with van der Waals surface area (Å²) in [6.07, 6.45) is 0. The highest BCUT2D eigenvalue weighted by Crippen LogP contribution is 2.26. The van der Waals surface area contributed by atoms with Crippen molar-refractivity contribution in [2.24, 2.45) is 0 Å². The predicted octanol–water partition coefficient (Wildman–Crippen LogP) is 3.86. The Morgan fingerprint density at radius 1 is 1.21 bits per heavy atom. The normalized spacial score (nSPS) is 10.5. The molecule has 0 radical (unpaired) electrons. The number of pyridine rings is 1. The predicted molar refractivity (Wildman–Crippen MR) is 78.0 cm³/mol. The van der Waals surface area contributed by atoms with Gasteiger partial charge >= 0.3 is 0 Å². The maximum atomic E-state index is 6.08. The zero-order chi connectivity index (χ0) is 13.8. The molecule has 0 bridgehead atoms. The molecule has 4 heteroatoms. The number of hydrogen-bond donors (Lipinski definition) is 1. The Labute approximate surface area is 118 Å². The summed E-state index contributed by atoms with van der Waals surface area (Å²) in [7, 11) is 1.86. The van der Waals surface area contributed by atoms with Crippen LogP contribution in [0.5, 0.6) is 11.6 Å². The van der Waals surface area contributed by atoms with Gasteiger partial charge in [-0.15, -0.1) is 0 Å². The molecule has 1 N–H and O–H groups in total. The number of nitrogens with one attached hydrogen (secondary N) is 1. The Bertz CT molecular complexity index is 584. The highest BCUT2D eigenvalue weighted by molar-refractivity contribution is 6.31. The molecule has 100 valence electrons. The third-order valence-corrected chi connectivity index (χ3v) is 3.14. The molecule has 2 aromatic rings. The summed E-state index contributed by atoms with van der Waals surface area (Å²) in [4.78, 5) is 4.41. The molecule has 3 nitrogen and oxygen atoms in total. The summed E-state index contributed by atoms with van der Waals surface area (Å²) in [6.45, 7) is 4.66. The molecule has 1 aromatic heterocycles. The molecule has 0 unspecified atom stereocenters. The SMILES string of the molecule is CNCc1nc(Oc2cc(C)ccc2C)ccc1Cl. The zero-order valence-corrected chi connectivity index (χ0v) is 12.1. The molecular weight excluding hydrogens is 260 g/mol. The highest BCUT2D eigenvalue weighted by Gasteiger charge is 2.07. The fourth-order valence-corrected chi connectivity index (χ4v) is 1.91. The van der Waals surface area contributed by atoms with E-state index in [0.29, 0.717) is 17.4 Å². The van der Waals surface area contributed by atoms with Gasteiger partial charge in [0.15, 0.2) is 0 Å². The zero-order valence-electron chi connectivity index (χ0n) is 11.3. The van der Waals surface area contributed by atoms with E-state index in [1.807, 2.05) is 39.1 Å². The Kier molecular flexibility index (Phi) is 4.40. The average Bonchev–Trinajstić information content (AvgIpc) is 2.38. The van der Waals surface area contributed by atoms with Crippen LogP contribution >= 0.6 is 11.6 Å². The number of hydrogen-bond acceptors (Lipinski definition) is 3. The molecule has 0 amide bonds. The first-order valence-corrected chi connectivity index (χ1v) is 6.53. The van der Waals surface area contributed by atoms with Crippen molar-refractivity contribution in [1.29, 1.82) is 0 Å². The summed E-state index contributed by atoms with van der Waals surface area (Å²) >= 11 is 6.08. The summed E-state index contributed by atoms with van der Waals surface area (Å²) in [5, 5.41) is 3.68. The molecule has 2 rings (SSSR count). The van der Waals surface area contributed by atoms with E-state index in [9.17, 15) is 0 Å². The molecule has 1 aromatic carbocycles. The van der Waals surface area contributed by atoms with Crippen molar-refractivity contribution in [3.8, 4) is 11.6 Å². The van der Waals surface area contributed by atoms with Gasteiger partial charge in [0, 0.05) is 12.6 Å². The number of ether oxygens (including phenoxy) is 1. The molecular formula is C15H17ClN2O. The fraction of sp³-hybridized carbons (Fsp3) is 0.267. The van der Waals surface area contributed by atoms with Gasteiger partial charge in [0.25, 0.3) is 0 Å². The number of benzene rings is 1. The van der Waals surface area contributed by atoms with E-state index in [1.165, 1.54) is 0 Å². The summed E-state index contributed by atoms with van der Waals surface area (Å²) in [5.74, 6) is 1.38. The van der Waals surface area contributed by atoms with Crippen molar-refractivity contribution in [2.75, 3.05) is 7.05 Å². The quantitative estimate of drug-likeness (QED) is 0.921. The van der Waals surface area contributed by atoms with Gasteiger partial charge < -0.3 is 10.1 Å². The van der Waals surface area contributed by atoms with Gasteiger partial charge in [-0.3, -0.25) is 0 Å². The van der Waals surface area contributed by atoms with Crippen molar-refractivity contribution >= 4 is 11.6 Å². The lowest BCUT2D eigenvalue weighted by atomic mass is 10.1. The first-order valence-electron chi connectivity index (χ1n) is 6.15. The number of halogens is 1. The van der Waals surface area contributed by atoms with Crippen LogP contribution in [0.1, 0.15) is 16.8 Å². The third-order valence-electron chi connectivity index (χ3n) is 2.80. The minimum Gasteiger partial charge on any atom is -0.439 e. The van der Waals surface area contributed by atoms with E-state index in [4.69, 9.17) is 16.3 Å². The Balaban J connectivity index is 2.28. The van der Waals surface area contributed by atoms with Crippen molar-refractivity contribution in [3.63, 3.8) is 0 Å². The van der Waals surface area contributed by atoms with E-state index in [0.717, 1.165) is 22.6 Å². The molecule has 0 spiro atoms.